The first-order chi connectivity index (χ1) is 11.6. The highest BCUT2D eigenvalue weighted by Crippen LogP contribution is 2.33. The van der Waals surface area contributed by atoms with Crippen molar-refractivity contribution in [1.29, 1.82) is 0 Å². The number of amides is 2. The number of nitrogens with one attached hydrogen (secondary N) is 1. The van der Waals surface area contributed by atoms with Crippen LogP contribution in [0.1, 0.15) is 30.0 Å². The van der Waals surface area contributed by atoms with Gasteiger partial charge in [0.1, 0.15) is 11.6 Å². The van der Waals surface area contributed by atoms with E-state index in [1.807, 2.05) is 24.3 Å². The fourth-order valence-corrected chi connectivity index (χ4v) is 3.07. The third kappa shape index (κ3) is 3.35. The van der Waals surface area contributed by atoms with Gasteiger partial charge in [-0.3, -0.25) is 0 Å². The lowest BCUT2D eigenvalue weighted by Gasteiger charge is -2.25. The van der Waals surface area contributed by atoms with E-state index in [4.69, 9.17) is 4.74 Å². The highest BCUT2D eigenvalue weighted by Gasteiger charge is 2.30. The minimum absolute atomic E-state index is 0.00963. The molecule has 1 aliphatic rings. The summed E-state index contributed by atoms with van der Waals surface area (Å²) in [5, 5.41) is 2.80. The number of urea groups is 1. The van der Waals surface area contributed by atoms with E-state index in [0.717, 1.165) is 24.2 Å². The Morgan fingerprint density at radius 2 is 2.12 bits per heavy atom. The predicted molar refractivity (Wildman–Crippen MR) is 91.8 cm³/mol. The molecule has 0 bridgehead atoms. The zero-order valence-corrected chi connectivity index (χ0v) is 13.9. The van der Waals surface area contributed by atoms with Gasteiger partial charge >= 0.3 is 6.03 Å². The van der Waals surface area contributed by atoms with Crippen molar-refractivity contribution in [3.05, 3.63) is 59.4 Å². The normalized spacial score (nSPS) is 17.0. The predicted octanol–water partition coefficient (Wildman–Crippen LogP) is 4.51. The number of halogens is 1. The van der Waals surface area contributed by atoms with E-state index in [2.05, 4.69) is 5.32 Å². The third-order valence-corrected chi connectivity index (χ3v) is 4.42. The molecule has 0 spiro atoms. The maximum atomic E-state index is 13.7. The van der Waals surface area contributed by atoms with Crippen LogP contribution in [0.3, 0.4) is 0 Å². The first-order valence-electron chi connectivity index (χ1n) is 8.06. The molecule has 3 rings (SSSR count). The average molecular weight is 328 g/mol. The van der Waals surface area contributed by atoms with Gasteiger partial charge in [0.25, 0.3) is 0 Å². The van der Waals surface area contributed by atoms with Gasteiger partial charge in [0, 0.05) is 12.2 Å². The fourth-order valence-electron chi connectivity index (χ4n) is 3.07. The van der Waals surface area contributed by atoms with Crippen molar-refractivity contribution in [2.24, 2.45) is 0 Å². The highest BCUT2D eigenvalue weighted by atomic mass is 19.1. The number of likely N-dealkylation sites (tertiary alicyclic amines) is 1. The molecule has 1 aliphatic heterocycles. The number of carbonyl (C=O) groups excluding carboxylic acids is 1. The molecule has 1 fully saturated rings. The van der Waals surface area contributed by atoms with Gasteiger partial charge in [0.2, 0.25) is 0 Å². The lowest BCUT2D eigenvalue weighted by molar-refractivity contribution is 0.207. The molecule has 1 saturated heterocycles. The Labute approximate surface area is 141 Å². The Kier molecular flexibility index (Phi) is 4.69. The molecule has 5 heteroatoms. The minimum Gasteiger partial charge on any atom is -0.497 e. The summed E-state index contributed by atoms with van der Waals surface area (Å²) in [6, 6.07) is 12.3. The van der Waals surface area contributed by atoms with Crippen LogP contribution >= 0.6 is 0 Å². The molecule has 0 aliphatic carbocycles. The second-order valence-corrected chi connectivity index (χ2v) is 6.02. The summed E-state index contributed by atoms with van der Waals surface area (Å²) in [6.45, 7) is 2.38. The Morgan fingerprint density at radius 3 is 2.88 bits per heavy atom. The van der Waals surface area contributed by atoms with Crippen LogP contribution in [0.25, 0.3) is 0 Å². The highest BCUT2D eigenvalue weighted by molar-refractivity contribution is 5.89. The van der Waals surface area contributed by atoms with Crippen molar-refractivity contribution >= 4 is 11.7 Å². The zero-order valence-electron chi connectivity index (χ0n) is 13.9. The number of nitrogens with zero attached hydrogens (tertiary/aromatic N) is 1. The van der Waals surface area contributed by atoms with Crippen LogP contribution in [0.2, 0.25) is 0 Å². The molecule has 2 aromatic rings. The van der Waals surface area contributed by atoms with Crippen LogP contribution in [0.5, 0.6) is 5.75 Å². The van der Waals surface area contributed by atoms with Crippen LogP contribution in [-0.2, 0) is 0 Å². The molecule has 2 amide bonds. The number of ether oxygens (including phenoxy) is 1. The fraction of sp³-hybridized carbons (Fsp3) is 0.316. The molecule has 4 nitrogen and oxygen atoms in total. The van der Waals surface area contributed by atoms with Crippen LogP contribution in [0.4, 0.5) is 14.9 Å². The van der Waals surface area contributed by atoms with Crippen molar-refractivity contribution in [2.75, 3.05) is 19.0 Å². The van der Waals surface area contributed by atoms with Gasteiger partial charge < -0.3 is 15.0 Å². The molecule has 2 aromatic carbocycles. The molecule has 24 heavy (non-hydrogen) atoms. The number of methoxy groups -OCH3 is 1. The molecule has 0 radical (unpaired) electrons. The largest absolute Gasteiger partial charge is 0.497 e. The van der Waals surface area contributed by atoms with Crippen molar-refractivity contribution < 1.29 is 13.9 Å². The van der Waals surface area contributed by atoms with Crippen LogP contribution < -0.4 is 10.1 Å². The second-order valence-electron chi connectivity index (χ2n) is 6.02. The number of hydrogen-bond acceptors (Lipinski definition) is 2. The third-order valence-electron chi connectivity index (χ3n) is 4.42. The van der Waals surface area contributed by atoms with Crippen LogP contribution in [0.15, 0.2) is 42.5 Å². The second kappa shape index (κ2) is 6.91. The summed E-state index contributed by atoms with van der Waals surface area (Å²) < 4.78 is 18.9. The average Bonchev–Trinajstić information content (AvgIpc) is 3.08. The summed E-state index contributed by atoms with van der Waals surface area (Å²) in [5.74, 6) is 0.457. The van der Waals surface area contributed by atoms with Crippen molar-refractivity contribution in [3.8, 4) is 5.75 Å². The lowest BCUT2D eigenvalue weighted by Crippen LogP contribution is -2.34. The van der Waals surface area contributed by atoms with E-state index in [9.17, 15) is 9.18 Å². The molecule has 0 aromatic heterocycles. The maximum Gasteiger partial charge on any atom is 0.322 e. The van der Waals surface area contributed by atoms with Gasteiger partial charge in [0.15, 0.2) is 0 Å². The quantitative estimate of drug-likeness (QED) is 0.900. The Bertz CT molecular complexity index is 748. The van der Waals surface area contributed by atoms with Gasteiger partial charge in [-0.05, 0) is 55.2 Å². The first-order valence-corrected chi connectivity index (χ1v) is 8.06. The van der Waals surface area contributed by atoms with Crippen LogP contribution in [0, 0.1) is 12.7 Å². The Morgan fingerprint density at radius 1 is 1.29 bits per heavy atom. The van der Waals surface area contributed by atoms with Gasteiger partial charge in [0.05, 0.1) is 13.2 Å². The summed E-state index contributed by atoms with van der Waals surface area (Å²) in [7, 11) is 1.63. The number of anilines is 1. The van der Waals surface area contributed by atoms with E-state index in [-0.39, 0.29) is 17.9 Å². The topological polar surface area (TPSA) is 41.6 Å². The van der Waals surface area contributed by atoms with E-state index in [1.165, 1.54) is 6.07 Å². The van der Waals surface area contributed by atoms with Crippen LogP contribution in [-0.4, -0.2) is 24.6 Å². The van der Waals surface area contributed by atoms with Gasteiger partial charge in [-0.2, -0.15) is 0 Å². The van der Waals surface area contributed by atoms with Gasteiger partial charge in [-0.15, -0.1) is 0 Å². The Balaban J connectivity index is 1.76. The monoisotopic (exact) mass is 328 g/mol. The number of carbonyl (C=O) groups is 1. The minimum atomic E-state index is -0.321. The maximum absolute atomic E-state index is 13.7. The summed E-state index contributed by atoms with van der Waals surface area (Å²) in [5.41, 5.74) is 2.08. The zero-order chi connectivity index (χ0) is 17.1. The van der Waals surface area contributed by atoms with E-state index >= 15 is 0 Å². The number of rotatable bonds is 3. The molecule has 1 atom stereocenters. The molecule has 1 heterocycles. The molecule has 126 valence electrons. The van der Waals surface area contributed by atoms with Gasteiger partial charge in [-0.1, -0.05) is 18.2 Å². The van der Waals surface area contributed by atoms with Gasteiger partial charge in [-0.25, -0.2) is 9.18 Å². The van der Waals surface area contributed by atoms with Crippen molar-refractivity contribution in [1.82, 2.24) is 4.90 Å². The van der Waals surface area contributed by atoms with E-state index in [0.29, 0.717) is 17.8 Å². The molecule has 0 saturated carbocycles. The smallest absolute Gasteiger partial charge is 0.322 e. The summed E-state index contributed by atoms with van der Waals surface area (Å²) in [4.78, 5) is 14.4. The number of hydrogen-bond donors (Lipinski definition) is 1. The number of aryl methyl sites for hydroxylation is 1. The molecule has 1 unspecified atom stereocenters. The number of benzene rings is 2. The Hall–Kier alpha value is -2.56. The van der Waals surface area contributed by atoms with E-state index in [1.54, 1.807) is 31.1 Å². The first kappa shape index (κ1) is 16.3. The summed E-state index contributed by atoms with van der Waals surface area (Å²) in [6.07, 6.45) is 1.85. The van der Waals surface area contributed by atoms with E-state index < -0.39 is 0 Å². The molecular weight excluding hydrogens is 307 g/mol. The molecular formula is C19H21FN2O2. The molecule has 1 N–H and O–H groups in total. The standard InChI is InChI=1S/C19H21FN2O2/c1-13-8-9-15(12-17(13)20)21-19(23)22-10-4-7-18(22)14-5-3-6-16(11-14)24-2/h3,5-6,8-9,11-12,18H,4,7,10H2,1-2H3,(H,21,23). The van der Waals surface area contributed by atoms with Crippen molar-refractivity contribution in [3.63, 3.8) is 0 Å². The lowest BCUT2D eigenvalue weighted by atomic mass is 10.0. The summed E-state index contributed by atoms with van der Waals surface area (Å²) >= 11 is 0. The SMILES string of the molecule is COc1cccc(C2CCCN2C(=O)Nc2ccc(C)c(F)c2)c1. The van der Waals surface area contributed by atoms with Crippen molar-refractivity contribution in [2.45, 2.75) is 25.8 Å².